The molecule has 0 aliphatic heterocycles. The molecule has 0 aliphatic carbocycles. The van der Waals surface area contributed by atoms with Gasteiger partial charge in [-0.1, -0.05) is 13.3 Å². The molecule has 0 heterocycles. The highest BCUT2D eigenvalue weighted by atomic mass is 16.5. The summed E-state index contributed by atoms with van der Waals surface area (Å²) in [6.07, 6.45) is 1.02. The van der Waals surface area contributed by atoms with E-state index in [9.17, 15) is 0 Å². The van der Waals surface area contributed by atoms with Crippen LogP contribution in [0.25, 0.3) is 0 Å². The molecule has 0 spiro atoms. The van der Waals surface area contributed by atoms with Gasteiger partial charge in [-0.2, -0.15) is 0 Å². The molecule has 19 heavy (non-hydrogen) atoms. The van der Waals surface area contributed by atoms with Gasteiger partial charge in [-0.05, 0) is 44.1 Å². The van der Waals surface area contributed by atoms with Gasteiger partial charge in [-0.15, -0.1) is 0 Å². The van der Waals surface area contributed by atoms with Crippen LogP contribution in [0.2, 0.25) is 0 Å². The third kappa shape index (κ3) is 3.61. The second-order valence-electron chi connectivity index (χ2n) is 4.82. The third-order valence-corrected chi connectivity index (χ3v) is 3.60. The van der Waals surface area contributed by atoms with Crippen LogP contribution in [-0.4, -0.2) is 27.8 Å². The minimum atomic E-state index is -0.0677. The predicted octanol–water partition coefficient (Wildman–Crippen LogP) is 2.26. The van der Waals surface area contributed by atoms with Gasteiger partial charge in [0.15, 0.2) is 0 Å². The van der Waals surface area contributed by atoms with E-state index in [1.165, 1.54) is 0 Å². The maximum Gasteiger partial charge on any atom is 0.124 e. The van der Waals surface area contributed by atoms with Crippen LogP contribution in [0.5, 0.6) is 11.5 Å². The van der Waals surface area contributed by atoms with E-state index in [-0.39, 0.29) is 6.04 Å². The van der Waals surface area contributed by atoms with E-state index in [2.05, 4.69) is 12.2 Å². The molecule has 0 aliphatic rings. The van der Waals surface area contributed by atoms with E-state index in [0.29, 0.717) is 5.92 Å². The standard InChI is InChI=1S/C15H26N2O2/c1-6-11(9-17-3)15(16)12-8-13(18-4)10(2)7-14(12)19-5/h7-8,11,15,17H,6,9,16H2,1-5H3. The fourth-order valence-electron chi connectivity index (χ4n) is 2.38. The van der Waals surface area contributed by atoms with Crippen molar-refractivity contribution in [2.24, 2.45) is 11.7 Å². The minimum absolute atomic E-state index is 0.0677. The molecule has 1 rings (SSSR count). The second kappa shape index (κ2) is 7.36. The Bertz CT molecular complexity index is 407. The molecule has 0 fully saturated rings. The molecular formula is C15H26N2O2. The molecule has 0 bridgehead atoms. The number of nitrogens with one attached hydrogen (secondary N) is 1. The first kappa shape index (κ1) is 15.8. The van der Waals surface area contributed by atoms with Gasteiger partial charge in [-0.25, -0.2) is 0 Å². The van der Waals surface area contributed by atoms with Gasteiger partial charge in [0.05, 0.1) is 14.2 Å². The lowest BCUT2D eigenvalue weighted by molar-refractivity contribution is 0.365. The maximum atomic E-state index is 6.41. The fourth-order valence-corrected chi connectivity index (χ4v) is 2.38. The smallest absolute Gasteiger partial charge is 0.124 e. The molecule has 0 saturated heterocycles. The molecule has 3 N–H and O–H groups in total. The van der Waals surface area contributed by atoms with E-state index in [0.717, 1.165) is 35.6 Å². The zero-order valence-electron chi connectivity index (χ0n) is 12.6. The third-order valence-electron chi connectivity index (χ3n) is 3.60. The molecule has 2 unspecified atom stereocenters. The summed E-state index contributed by atoms with van der Waals surface area (Å²) in [5.41, 5.74) is 8.47. The van der Waals surface area contributed by atoms with Crippen molar-refractivity contribution in [3.8, 4) is 11.5 Å². The van der Waals surface area contributed by atoms with Crippen molar-refractivity contribution < 1.29 is 9.47 Å². The Balaban J connectivity index is 3.15. The SMILES string of the molecule is CCC(CNC)C(N)c1cc(OC)c(C)cc1OC. The summed E-state index contributed by atoms with van der Waals surface area (Å²) in [5.74, 6) is 2.05. The highest BCUT2D eigenvalue weighted by Gasteiger charge is 2.22. The number of ether oxygens (including phenoxy) is 2. The number of nitrogens with two attached hydrogens (primary N) is 1. The summed E-state index contributed by atoms with van der Waals surface area (Å²) < 4.78 is 10.8. The normalized spacial score (nSPS) is 14.0. The Morgan fingerprint density at radius 2 is 1.84 bits per heavy atom. The zero-order chi connectivity index (χ0) is 14.4. The number of benzene rings is 1. The first-order chi connectivity index (χ1) is 9.08. The molecular weight excluding hydrogens is 240 g/mol. The summed E-state index contributed by atoms with van der Waals surface area (Å²) in [6, 6.07) is 3.92. The first-order valence-corrected chi connectivity index (χ1v) is 6.71. The van der Waals surface area contributed by atoms with Gasteiger partial charge in [0, 0.05) is 11.6 Å². The van der Waals surface area contributed by atoms with E-state index in [4.69, 9.17) is 15.2 Å². The highest BCUT2D eigenvalue weighted by molar-refractivity contribution is 5.47. The van der Waals surface area contributed by atoms with Crippen molar-refractivity contribution in [1.82, 2.24) is 5.32 Å². The Kier molecular flexibility index (Phi) is 6.12. The lowest BCUT2D eigenvalue weighted by Crippen LogP contribution is -2.29. The van der Waals surface area contributed by atoms with Crippen LogP contribution in [0, 0.1) is 12.8 Å². The van der Waals surface area contributed by atoms with Crippen LogP contribution in [-0.2, 0) is 0 Å². The van der Waals surface area contributed by atoms with Crippen molar-refractivity contribution in [3.63, 3.8) is 0 Å². The zero-order valence-corrected chi connectivity index (χ0v) is 12.6. The number of hydrogen-bond acceptors (Lipinski definition) is 4. The van der Waals surface area contributed by atoms with Crippen LogP contribution >= 0.6 is 0 Å². The van der Waals surface area contributed by atoms with Crippen LogP contribution in [0.4, 0.5) is 0 Å². The summed E-state index contributed by atoms with van der Waals surface area (Å²) in [4.78, 5) is 0. The maximum absolute atomic E-state index is 6.41. The predicted molar refractivity (Wildman–Crippen MR) is 78.9 cm³/mol. The Morgan fingerprint density at radius 3 is 2.32 bits per heavy atom. The molecule has 4 nitrogen and oxygen atoms in total. The number of aryl methyl sites for hydroxylation is 1. The monoisotopic (exact) mass is 266 g/mol. The van der Waals surface area contributed by atoms with E-state index < -0.39 is 0 Å². The molecule has 0 aromatic heterocycles. The van der Waals surface area contributed by atoms with Crippen molar-refractivity contribution in [3.05, 3.63) is 23.3 Å². The Morgan fingerprint density at radius 1 is 1.21 bits per heavy atom. The first-order valence-electron chi connectivity index (χ1n) is 6.71. The Hall–Kier alpha value is -1.26. The van der Waals surface area contributed by atoms with E-state index >= 15 is 0 Å². The highest BCUT2D eigenvalue weighted by Crippen LogP contribution is 2.35. The van der Waals surface area contributed by atoms with Gasteiger partial charge in [0.2, 0.25) is 0 Å². The molecule has 4 heteroatoms. The van der Waals surface area contributed by atoms with Crippen LogP contribution < -0.4 is 20.5 Å². The molecule has 0 radical (unpaired) electrons. The van der Waals surface area contributed by atoms with Crippen molar-refractivity contribution >= 4 is 0 Å². The molecule has 0 amide bonds. The molecule has 1 aromatic rings. The largest absolute Gasteiger partial charge is 0.496 e. The molecule has 0 saturated carbocycles. The summed E-state index contributed by atoms with van der Waals surface area (Å²) in [7, 11) is 5.30. The number of methoxy groups -OCH3 is 2. The molecule has 1 aromatic carbocycles. The summed E-state index contributed by atoms with van der Waals surface area (Å²) >= 11 is 0. The van der Waals surface area contributed by atoms with E-state index in [1.807, 2.05) is 26.1 Å². The minimum Gasteiger partial charge on any atom is -0.496 e. The Labute approximate surface area is 116 Å². The quantitative estimate of drug-likeness (QED) is 0.795. The summed E-state index contributed by atoms with van der Waals surface area (Å²) in [5, 5.41) is 3.19. The van der Waals surface area contributed by atoms with E-state index in [1.54, 1.807) is 14.2 Å². The van der Waals surface area contributed by atoms with Crippen LogP contribution in [0.1, 0.15) is 30.5 Å². The van der Waals surface area contributed by atoms with Gasteiger partial charge in [-0.3, -0.25) is 0 Å². The van der Waals surface area contributed by atoms with Crippen molar-refractivity contribution in [2.75, 3.05) is 27.8 Å². The lowest BCUT2D eigenvalue weighted by Gasteiger charge is -2.25. The van der Waals surface area contributed by atoms with Gasteiger partial charge in [0.25, 0.3) is 0 Å². The van der Waals surface area contributed by atoms with Gasteiger partial charge >= 0.3 is 0 Å². The van der Waals surface area contributed by atoms with Crippen molar-refractivity contribution in [1.29, 1.82) is 0 Å². The van der Waals surface area contributed by atoms with Gasteiger partial charge < -0.3 is 20.5 Å². The van der Waals surface area contributed by atoms with Crippen molar-refractivity contribution in [2.45, 2.75) is 26.3 Å². The average molecular weight is 266 g/mol. The second-order valence-corrected chi connectivity index (χ2v) is 4.82. The average Bonchev–Trinajstić information content (AvgIpc) is 2.43. The van der Waals surface area contributed by atoms with Gasteiger partial charge in [0.1, 0.15) is 11.5 Å². The summed E-state index contributed by atoms with van der Waals surface area (Å²) in [6.45, 7) is 5.04. The number of hydrogen-bond donors (Lipinski definition) is 2. The van der Waals surface area contributed by atoms with Crippen LogP contribution in [0.3, 0.4) is 0 Å². The van der Waals surface area contributed by atoms with Crippen LogP contribution in [0.15, 0.2) is 12.1 Å². The number of rotatable bonds is 7. The lowest BCUT2D eigenvalue weighted by atomic mass is 9.90. The topological polar surface area (TPSA) is 56.5 Å². The molecule has 2 atom stereocenters. The fraction of sp³-hybridized carbons (Fsp3) is 0.600. The molecule has 108 valence electrons.